The number of hydrogen-bond donors (Lipinski definition) is 1. The number of likely N-dealkylation sites (tertiary alicyclic amines) is 1. The van der Waals surface area contributed by atoms with Gasteiger partial charge in [0.25, 0.3) is 5.91 Å². The van der Waals surface area contributed by atoms with Crippen molar-refractivity contribution >= 4 is 11.8 Å². The Hall–Kier alpha value is -2.50. The lowest BCUT2D eigenvalue weighted by molar-refractivity contribution is -0.135. The van der Waals surface area contributed by atoms with Crippen LogP contribution in [0.2, 0.25) is 0 Å². The van der Waals surface area contributed by atoms with Crippen molar-refractivity contribution < 1.29 is 18.4 Å². The van der Waals surface area contributed by atoms with Crippen molar-refractivity contribution in [3.05, 3.63) is 47.8 Å². The quantitative estimate of drug-likeness (QED) is 0.922. The molecule has 0 bridgehead atoms. The molecule has 0 aliphatic carbocycles. The first-order valence-corrected chi connectivity index (χ1v) is 8.76. The zero-order valence-corrected chi connectivity index (χ0v) is 14.7. The maximum atomic E-state index is 13.0. The molecule has 0 unspecified atom stereocenters. The first-order chi connectivity index (χ1) is 12.1. The predicted octanol–water partition coefficient (Wildman–Crippen LogP) is 3.44. The fourth-order valence-electron chi connectivity index (χ4n) is 3.28. The molecule has 0 spiro atoms. The smallest absolute Gasteiger partial charge is 0.255 e. The van der Waals surface area contributed by atoms with Gasteiger partial charge in [-0.05, 0) is 44.9 Å². The molecular formula is C19H24N2O4. The topological polar surface area (TPSA) is 75.7 Å². The Morgan fingerprint density at radius 3 is 2.76 bits per heavy atom. The minimum atomic E-state index is -0.612. The third kappa shape index (κ3) is 3.95. The van der Waals surface area contributed by atoms with Crippen LogP contribution >= 0.6 is 0 Å². The number of amides is 2. The molecule has 3 rings (SSSR count). The Morgan fingerprint density at radius 1 is 1.24 bits per heavy atom. The molecule has 6 nitrogen and oxygen atoms in total. The zero-order chi connectivity index (χ0) is 17.8. The fraction of sp³-hybridized carbons (Fsp3) is 0.474. The van der Waals surface area contributed by atoms with Crippen LogP contribution in [0.25, 0.3) is 0 Å². The molecule has 2 amide bonds. The lowest BCUT2D eigenvalue weighted by atomic mass is 10.1. The standard InChI is InChI=1S/C19H24N2O4/c1-13-7-8-17(25-13)16-6-4-3-5-10-21(16)19(23)14(2)20-18(22)15-9-11-24-12-15/h7-9,11-12,14,16H,3-6,10H2,1-2H3,(H,20,22)/t14-,16+/m1/s1. The van der Waals surface area contributed by atoms with Gasteiger partial charge in [-0.25, -0.2) is 0 Å². The van der Waals surface area contributed by atoms with Crippen LogP contribution in [0.1, 0.15) is 60.5 Å². The van der Waals surface area contributed by atoms with Gasteiger partial charge in [-0.15, -0.1) is 0 Å². The van der Waals surface area contributed by atoms with Gasteiger partial charge in [-0.2, -0.15) is 0 Å². The van der Waals surface area contributed by atoms with Crippen molar-refractivity contribution in [3.8, 4) is 0 Å². The summed E-state index contributed by atoms with van der Waals surface area (Å²) in [7, 11) is 0. The van der Waals surface area contributed by atoms with Crippen LogP contribution in [0.4, 0.5) is 0 Å². The molecule has 2 aromatic rings. The Balaban J connectivity index is 1.73. The molecule has 134 valence electrons. The van der Waals surface area contributed by atoms with Crippen LogP contribution in [0.15, 0.2) is 39.6 Å². The van der Waals surface area contributed by atoms with E-state index in [9.17, 15) is 9.59 Å². The van der Waals surface area contributed by atoms with E-state index in [1.807, 2.05) is 24.0 Å². The average Bonchev–Trinajstić information content (AvgIpc) is 3.21. The number of nitrogens with one attached hydrogen (secondary N) is 1. The molecule has 2 aromatic heterocycles. The highest BCUT2D eigenvalue weighted by molar-refractivity contribution is 5.97. The summed E-state index contributed by atoms with van der Waals surface area (Å²) in [6.45, 7) is 4.30. The summed E-state index contributed by atoms with van der Waals surface area (Å²) >= 11 is 0. The van der Waals surface area contributed by atoms with Gasteiger partial charge in [0, 0.05) is 6.54 Å². The van der Waals surface area contributed by atoms with Gasteiger partial charge in [0.1, 0.15) is 23.8 Å². The Morgan fingerprint density at radius 2 is 2.08 bits per heavy atom. The number of nitrogens with zero attached hydrogens (tertiary/aromatic N) is 1. The van der Waals surface area contributed by atoms with Gasteiger partial charge in [-0.1, -0.05) is 12.8 Å². The highest BCUT2D eigenvalue weighted by Crippen LogP contribution is 2.31. The Bertz CT molecular complexity index is 720. The first-order valence-electron chi connectivity index (χ1n) is 8.76. The monoisotopic (exact) mass is 344 g/mol. The summed E-state index contributed by atoms with van der Waals surface area (Å²) in [5.74, 6) is 1.27. The van der Waals surface area contributed by atoms with E-state index >= 15 is 0 Å². The number of rotatable bonds is 4. The first kappa shape index (κ1) is 17.3. The highest BCUT2D eigenvalue weighted by atomic mass is 16.3. The lowest BCUT2D eigenvalue weighted by Gasteiger charge is -2.31. The van der Waals surface area contributed by atoms with Gasteiger partial charge >= 0.3 is 0 Å². The van der Waals surface area contributed by atoms with Crippen LogP contribution in [0.5, 0.6) is 0 Å². The normalized spacial score (nSPS) is 19.3. The minimum Gasteiger partial charge on any atom is -0.472 e. The predicted molar refractivity (Wildman–Crippen MR) is 92.0 cm³/mol. The third-order valence-corrected chi connectivity index (χ3v) is 4.63. The van der Waals surface area contributed by atoms with Crippen LogP contribution in [0.3, 0.4) is 0 Å². The Labute approximate surface area is 147 Å². The molecular weight excluding hydrogens is 320 g/mol. The van der Waals surface area contributed by atoms with Crippen LogP contribution in [-0.2, 0) is 4.79 Å². The fourth-order valence-corrected chi connectivity index (χ4v) is 3.28. The second kappa shape index (κ2) is 7.59. The van der Waals surface area contributed by atoms with Crippen molar-refractivity contribution in [1.29, 1.82) is 0 Å². The maximum absolute atomic E-state index is 13.0. The number of aryl methyl sites for hydroxylation is 1. The number of carbonyl (C=O) groups excluding carboxylic acids is 2. The van der Waals surface area contributed by atoms with Crippen molar-refractivity contribution in [2.45, 2.75) is 51.6 Å². The van der Waals surface area contributed by atoms with Crippen LogP contribution < -0.4 is 5.32 Å². The molecule has 6 heteroatoms. The van der Waals surface area contributed by atoms with E-state index in [-0.39, 0.29) is 17.9 Å². The van der Waals surface area contributed by atoms with E-state index in [0.29, 0.717) is 12.1 Å². The Kier molecular flexibility index (Phi) is 5.26. The second-order valence-electron chi connectivity index (χ2n) is 6.55. The summed E-state index contributed by atoms with van der Waals surface area (Å²) in [6, 6.07) is 4.76. The SMILES string of the molecule is Cc1ccc([C@@H]2CCCCCN2C(=O)[C@@H](C)NC(=O)c2ccoc2)o1. The molecule has 0 saturated carbocycles. The van der Waals surface area contributed by atoms with Crippen LogP contribution in [-0.4, -0.2) is 29.3 Å². The van der Waals surface area contributed by atoms with Crippen molar-refractivity contribution in [1.82, 2.24) is 10.2 Å². The molecule has 1 aliphatic rings. The summed E-state index contributed by atoms with van der Waals surface area (Å²) in [4.78, 5) is 27.0. The summed E-state index contributed by atoms with van der Waals surface area (Å²) < 4.78 is 10.7. The number of furan rings is 2. The molecule has 0 aromatic carbocycles. The zero-order valence-electron chi connectivity index (χ0n) is 14.7. The molecule has 2 atom stereocenters. The van der Waals surface area contributed by atoms with E-state index in [2.05, 4.69) is 5.32 Å². The average molecular weight is 344 g/mol. The molecule has 1 fully saturated rings. The summed E-state index contributed by atoms with van der Waals surface area (Å²) in [5, 5.41) is 2.76. The van der Waals surface area contributed by atoms with Crippen molar-refractivity contribution in [2.75, 3.05) is 6.54 Å². The summed E-state index contributed by atoms with van der Waals surface area (Å²) in [5.41, 5.74) is 0.411. The maximum Gasteiger partial charge on any atom is 0.255 e. The number of hydrogen-bond acceptors (Lipinski definition) is 4. The molecule has 0 radical (unpaired) electrons. The van der Waals surface area contributed by atoms with Crippen LogP contribution in [0, 0.1) is 6.92 Å². The molecule has 3 heterocycles. The van der Waals surface area contributed by atoms with Gasteiger partial charge in [0.05, 0.1) is 17.9 Å². The van der Waals surface area contributed by atoms with E-state index in [4.69, 9.17) is 8.83 Å². The molecule has 25 heavy (non-hydrogen) atoms. The minimum absolute atomic E-state index is 0.0722. The van der Waals surface area contributed by atoms with Crippen molar-refractivity contribution in [3.63, 3.8) is 0 Å². The van der Waals surface area contributed by atoms with Gasteiger partial charge in [0.2, 0.25) is 5.91 Å². The largest absolute Gasteiger partial charge is 0.472 e. The highest BCUT2D eigenvalue weighted by Gasteiger charge is 2.32. The van der Waals surface area contributed by atoms with Gasteiger partial charge < -0.3 is 19.1 Å². The van der Waals surface area contributed by atoms with Gasteiger partial charge in [-0.3, -0.25) is 9.59 Å². The third-order valence-electron chi connectivity index (χ3n) is 4.63. The second-order valence-corrected chi connectivity index (χ2v) is 6.55. The number of carbonyl (C=O) groups is 2. The lowest BCUT2D eigenvalue weighted by Crippen LogP contribution is -2.48. The molecule has 1 N–H and O–H groups in total. The molecule has 1 saturated heterocycles. The van der Waals surface area contributed by atoms with E-state index in [1.165, 1.54) is 12.5 Å². The molecule has 1 aliphatic heterocycles. The van der Waals surface area contributed by atoms with E-state index < -0.39 is 6.04 Å². The van der Waals surface area contributed by atoms with E-state index in [1.54, 1.807) is 13.0 Å². The van der Waals surface area contributed by atoms with E-state index in [0.717, 1.165) is 37.2 Å². The summed E-state index contributed by atoms with van der Waals surface area (Å²) in [6.07, 6.45) is 6.80. The van der Waals surface area contributed by atoms with Crippen molar-refractivity contribution in [2.24, 2.45) is 0 Å². The van der Waals surface area contributed by atoms with Gasteiger partial charge in [0.15, 0.2) is 0 Å².